The average Bonchev–Trinajstić information content (AvgIpc) is 2.78. The minimum atomic E-state index is -0.932. The highest BCUT2D eigenvalue weighted by atomic mass is 35.5. The van der Waals surface area contributed by atoms with Gasteiger partial charge in [0, 0.05) is 23.7 Å². The van der Waals surface area contributed by atoms with Crippen LogP contribution in [0.25, 0.3) is 0 Å². The van der Waals surface area contributed by atoms with E-state index >= 15 is 0 Å². The second-order valence-electron chi connectivity index (χ2n) is 6.14. The summed E-state index contributed by atoms with van der Waals surface area (Å²) >= 11 is 6.21. The van der Waals surface area contributed by atoms with Crippen LogP contribution in [0.15, 0.2) is 66.7 Å². The number of hydrogen-bond donors (Lipinski definition) is 1. The quantitative estimate of drug-likeness (QED) is 0.679. The zero-order chi connectivity index (χ0) is 18.1. The van der Waals surface area contributed by atoms with Crippen LogP contribution in [0.2, 0.25) is 5.02 Å². The van der Waals surface area contributed by atoms with E-state index in [1.165, 1.54) is 0 Å². The number of para-hydroxylation sites is 1. The summed E-state index contributed by atoms with van der Waals surface area (Å²) in [6.07, 6.45) is 0. The van der Waals surface area contributed by atoms with Crippen molar-refractivity contribution in [2.75, 3.05) is 4.90 Å². The molecule has 1 aliphatic rings. The van der Waals surface area contributed by atoms with Crippen LogP contribution in [0.5, 0.6) is 11.5 Å². The summed E-state index contributed by atoms with van der Waals surface area (Å²) in [5, 5.41) is 10.1. The third kappa shape index (κ3) is 3.11. The molecule has 1 aliphatic heterocycles. The Balaban J connectivity index is 1.80. The number of benzene rings is 3. The summed E-state index contributed by atoms with van der Waals surface area (Å²) in [6.45, 7) is 1.03. The molecular weight excluding hydrogens is 350 g/mol. The van der Waals surface area contributed by atoms with Crippen molar-refractivity contribution >= 4 is 23.3 Å². The van der Waals surface area contributed by atoms with E-state index < -0.39 is 5.97 Å². The molecule has 0 spiro atoms. The van der Waals surface area contributed by atoms with E-state index in [9.17, 15) is 9.90 Å². The monoisotopic (exact) mass is 365 g/mol. The lowest BCUT2D eigenvalue weighted by Gasteiger charge is -2.25. The Kier molecular flexibility index (Phi) is 4.27. The first-order valence-electron chi connectivity index (χ1n) is 8.23. The summed E-state index contributed by atoms with van der Waals surface area (Å²) in [6, 6.07) is 20.4. The predicted octanol–water partition coefficient (Wildman–Crippen LogP) is 5.35. The van der Waals surface area contributed by atoms with E-state index in [1.807, 2.05) is 48.5 Å². The molecule has 0 saturated heterocycles. The second-order valence-corrected chi connectivity index (χ2v) is 6.58. The van der Waals surface area contributed by atoms with Gasteiger partial charge in [0.05, 0.1) is 11.3 Å². The fourth-order valence-electron chi connectivity index (χ4n) is 3.18. The molecule has 130 valence electrons. The Labute approximate surface area is 156 Å². The van der Waals surface area contributed by atoms with Crippen LogP contribution in [0, 0.1) is 0 Å². The molecule has 0 bridgehead atoms. The van der Waals surface area contributed by atoms with Gasteiger partial charge >= 0.3 is 5.97 Å². The molecule has 0 amide bonds. The maximum atomic E-state index is 11.6. The molecule has 0 atom stereocenters. The molecule has 0 unspecified atom stereocenters. The minimum Gasteiger partial charge on any atom is -0.478 e. The van der Waals surface area contributed by atoms with Crippen molar-refractivity contribution in [2.45, 2.75) is 13.1 Å². The number of nitrogens with zero attached hydrogens (tertiary/aromatic N) is 1. The molecule has 5 heteroatoms. The van der Waals surface area contributed by atoms with Gasteiger partial charge in [0.2, 0.25) is 0 Å². The molecular formula is C21H16ClNO3. The van der Waals surface area contributed by atoms with Gasteiger partial charge in [-0.05, 0) is 35.9 Å². The largest absolute Gasteiger partial charge is 0.478 e. The van der Waals surface area contributed by atoms with Crippen LogP contribution in [0.4, 0.5) is 5.69 Å². The highest BCUT2D eigenvalue weighted by Gasteiger charge is 2.22. The zero-order valence-corrected chi connectivity index (χ0v) is 14.6. The molecule has 1 heterocycles. The molecule has 0 saturated carbocycles. The number of aromatic carboxylic acids is 1. The van der Waals surface area contributed by atoms with Crippen molar-refractivity contribution in [3.63, 3.8) is 0 Å². The van der Waals surface area contributed by atoms with Crippen LogP contribution in [0.3, 0.4) is 0 Å². The Hall–Kier alpha value is -2.98. The van der Waals surface area contributed by atoms with Crippen LogP contribution in [-0.2, 0) is 13.1 Å². The number of anilines is 1. The minimum absolute atomic E-state index is 0.300. The molecule has 3 aromatic carbocycles. The van der Waals surface area contributed by atoms with Gasteiger partial charge in [-0.2, -0.15) is 0 Å². The number of carboxylic acids is 1. The predicted molar refractivity (Wildman–Crippen MR) is 101 cm³/mol. The molecule has 0 radical (unpaired) electrons. The molecule has 0 aromatic heterocycles. The Bertz CT molecular complexity index is 986. The first-order valence-corrected chi connectivity index (χ1v) is 8.61. The third-order valence-electron chi connectivity index (χ3n) is 4.42. The van der Waals surface area contributed by atoms with Crippen molar-refractivity contribution < 1.29 is 14.6 Å². The van der Waals surface area contributed by atoms with Crippen LogP contribution in [0.1, 0.15) is 21.5 Å². The van der Waals surface area contributed by atoms with Crippen molar-refractivity contribution in [1.82, 2.24) is 0 Å². The molecule has 1 N–H and O–H groups in total. The molecule has 4 nitrogen and oxygen atoms in total. The molecule has 0 aliphatic carbocycles. The van der Waals surface area contributed by atoms with Gasteiger partial charge in [-0.3, -0.25) is 0 Å². The van der Waals surface area contributed by atoms with Crippen molar-refractivity contribution in [3.8, 4) is 11.5 Å². The zero-order valence-electron chi connectivity index (χ0n) is 13.9. The van der Waals surface area contributed by atoms with Crippen LogP contribution < -0.4 is 9.64 Å². The highest BCUT2D eigenvalue weighted by molar-refractivity contribution is 6.31. The summed E-state index contributed by atoms with van der Waals surface area (Å²) in [5.74, 6) is 0.565. The number of carboxylic acid groups (broad SMARTS) is 1. The molecule has 0 fully saturated rings. The van der Waals surface area contributed by atoms with E-state index in [4.69, 9.17) is 16.3 Å². The summed E-state index contributed by atoms with van der Waals surface area (Å²) in [7, 11) is 0. The SMILES string of the molecule is O=C(O)c1ccccc1CN1Cc2ccccc2Oc2ccc(Cl)cc21. The Morgan fingerprint density at radius 3 is 2.65 bits per heavy atom. The van der Waals surface area contributed by atoms with E-state index in [0.29, 0.717) is 29.4 Å². The summed E-state index contributed by atoms with van der Waals surface area (Å²) in [5.41, 5.74) is 2.92. The lowest BCUT2D eigenvalue weighted by molar-refractivity contribution is 0.0695. The Morgan fingerprint density at radius 1 is 1.04 bits per heavy atom. The van der Waals surface area contributed by atoms with E-state index in [-0.39, 0.29) is 0 Å². The maximum absolute atomic E-state index is 11.6. The average molecular weight is 366 g/mol. The van der Waals surface area contributed by atoms with Crippen LogP contribution >= 0.6 is 11.6 Å². The standard InChI is InChI=1S/C21H16ClNO3/c22-16-9-10-20-18(11-16)23(13-15-6-2-4-8-19(15)26-20)12-14-5-1-3-7-17(14)21(24)25/h1-11H,12-13H2,(H,24,25). The summed E-state index contributed by atoms with van der Waals surface area (Å²) in [4.78, 5) is 13.7. The highest BCUT2D eigenvalue weighted by Crippen LogP contribution is 2.41. The second kappa shape index (κ2) is 6.73. The number of fused-ring (bicyclic) bond motifs is 2. The van der Waals surface area contributed by atoms with Crippen LogP contribution in [-0.4, -0.2) is 11.1 Å². The topological polar surface area (TPSA) is 49.8 Å². The fourth-order valence-corrected chi connectivity index (χ4v) is 3.35. The van der Waals surface area contributed by atoms with Crippen molar-refractivity contribution in [2.24, 2.45) is 0 Å². The molecule has 3 aromatic rings. The van der Waals surface area contributed by atoms with Gasteiger partial charge in [-0.15, -0.1) is 0 Å². The Morgan fingerprint density at radius 2 is 1.81 bits per heavy atom. The molecule has 26 heavy (non-hydrogen) atoms. The van der Waals surface area contributed by atoms with Gasteiger partial charge in [-0.25, -0.2) is 4.79 Å². The van der Waals surface area contributed by atoms with Gasteiger partial charge in [0.25, 0.3) is 0 Å². The maximum Gasteiger partial charge on any atom is 0.336 e. The van der Waals surface area contributed by atoms with Gasteiger partial charge in [0.15, 0.2) is 5.75 Å². The third-order valence-corrected chi connectivity index (χ3v) is 4.66. The lowest BCUT2D eigenvalue weighted by atomic mass is 10.1. The van der Waals surface area contributed by atoms with Gasteiger partial charge < -0.3 is 14.7 Å². The molecule has 4 rings (SSSR count). The number of carbonyl (C=O) groups is 1. The summed E-state index contributed by atoms with van der Waals surface area (Å²) < 4.78 is 6.09. The van der Waals surface area contributed by atoms with E-state index in [2.05, 4.69) is 4.90 Å². The number of hydrogen-bond acceptors (Lipinski definition) is 3. The number of halogens is 1. The fraction of sp³-hybridized carbons (Fsp3) is 0.0952. The van der Waals surface area contributed by atoms with Crippen molar-refractivity contribution in [1.29, 1.82) is 0 Å². The van der Waals surface area contributed by atoms with Gasteiger partial charge in [-0.1, -0.05) is 48.0 Å². The lowest BCUT2D eigenvalue weighted by Crippen LogP contribution is -2.22. The smallest absolute Gasteiger partial charge is 0.336 e. The first-order chi connectivity index (χ1) is 12.6. The van der Waals surface area contributed by atoms with E-state index in [1.54, 1.807) is 18.2 Å². The van der Waals surface area contributed by atoms with Crippen molar-refractivity contribution in [3.05, 3.63) is 88.4 Å². The first kappa shape index (κ1) is 16.5. The normalized spacial score (nSPS) is 12.6. The number of rotatable bonds is 3. The van der Waals surface area contributed by atoms with Gasteiger partial charge in [0.1, 0.15) is 5.75 Å². The number of ether oxygens (including phenoxy) is 1. The van der Waals surface area contributed by atoms with E-state index in [0.717, 1.165) is 22.6 Å².